The zero-order valence-electron chi connectivity index (χ0n) is 9.64. The van der Waals surface area contributed by atoms with E-state index in [1.165, 1.54) is 0 Å². The number of hydrogen-bond acceptors (Lipinski definition) is 5. The van der Waals surface area contributed by atoms with Crippen LogP contribution in [0.25, 0.3) is 0 Å². The summed E-state index contributed by atoms with van der Waals surface area (Å²) < 4.78 is 10.7. The van der Waals surface area contributed by atoms with E-state index in [-0.39, 0.29) is 24.0 Å². The van der Waals surface area contributed by atoms with Crippen LogP contribution >= 0.6 is 7.60 Å². The van der Waals surface area contributed by atoms with Gasteiger partial charge in [-0.3, -0.25) is 14.4 Å². The van der Waals surface area contributed by atoms with Crippen LogP contribution in [0.3, 0.4) is 0 Å². The van der Waals surface area contributed by atoms with Gasteiger partial charge < -0.3 is 32.2 Å². The minimum atomic E-state index is -4.47. The second-order valence-electron chi connectivity index (χ2n) is 3.61. The van der Waals surface area contributed by atoms with Gasteiger partial charge in [0.15, 0.2) is 5.96 Å². The lowest BCUT2D eigenvalue weighted by molar-refractivity contribution is -0.148. The number of nitrogens with zero attached hydrogens (tertiary/aromatic N) is 2. The number of aliphatic imine (C=N–C) groups is 1. The third-order valence-electron chi connectivity index (χ3n) is 1.95. The lowest BCUT2D eigenvalue weighted by atomic mass is 10.1. The van der Waals surface area contributed by atoms with Crippen LogP contribution in [0.2, 0.25) is 0 Å². The number of guanidine groups is 1. The number of rotatable bonds is 8. The number of nitrogens with two attached hydrogens (primary N) is 3. The van der Waals surface area contributed by atoms with Crippen LogP contribution in [0, 0.1) is 0 Å². The fourth-order valence-corrected chi connectivity index (χ4v) is 1.79. The van der Waals surface area contributed by atoms with Gasteiger partial charge in [0.1, 0.15) is 12.3 Å². The van der Waals surface area contributed by atoms with Gasteiger partial charge in [-0.2, -0.15) is 5.06 Å². The van der Waals surface area contributed by atoms with Crippen molar-refractivity contribution < 1.29 is 24.4 Å². The maximum absolute atomic E-state index is 11.0. The van der Waals surface area contributed by atoms with Gasteiger partial charge in [-0.1, -0.05) is 0 Å². The smallest absolute Gasteiger partial charge is 0.341 e. The first kappa shape index (κ1) is 16.8. The first-order chi connectivity index (χ1) is 8.13. The van der Waals surface area contributed by atoms with E-state index in [0.717, 1.165) is 0 Å². The Morgan fingerprint density at radius 3 is 2.28 bits per heavy atom. The molecule has 0 fully saturated rings. The van der Waals surface area contributed by atoms with E-state index < -0.39 is 25.8 Å². The third-order valence-corrected chi connectivity index (χ3v) is 2.61. The Labute approximate surface area is 104 Å². The van der Waals surface area contributed by atoms with Crippen LogP contribution in [-0.2, 0) is 9.36 Å². The Morgan fingerprint density at radius 2 is 1.89 bits per heavy atom. The van der Waals surface area contributed by atoms with E-state index in [1.807, 2.05) is 0 Å². The molecule has 0 radical (unpaired) electrons. The predicted molar refractivity (Wildman–Crippen MR) is 63.4 cm³/mol. The summed E-state index contributed by atoms with van der Waals surface area (Å²) in [6, 6.07) is -1.20. The van der Waals surface area contributed by atoms with Gasteiger partial charge in [0.05, 0.1) is 0 Å². The van der Waals surface area contributed by atoms with Crippen molar-refractivity contribution in [3.8, 4) is 0 Å². The highest BCUT2D eigenvalue weighted by molar-refractivity contribution is 7.51. The quantitative estimate of drug-likeness (QED) is 0.0943. The summed E-state index contributed by atoms with van der Waals surface area (Å²) in [5.41, 5.74) is 15.2. The van der Waals surface area contributed by atoms with Crippen molar-refractivity contribution in [3.05, 3.63) is 0 Å². The van der Waals surface area contributed by atoms with Crippen LogP contribution in [0.15, 0.2) is 4.99 Å². The Kier molecular flexibility index (Phi) is 6.81. The number of hydroxylamine groups is 2. The van der Waals surface area contributed by atoms with Crippen LogP contribution in [0.1, 0.15) is 12.8 Å². The van der Waals surface area contributed by atoms with E-state index in [4.69, 9.17) is 27.0 Å². The Hall–Kier alpha value is -1.19. The van der Waals surface area contributed by atoms with Crippen molar-refractivity contribution in [2.75, 3.05) is 12.8 Å². The van der Waals surface area contributed by atoms with Crippen LogP contribution < -0.4 is 17.2 Å². The lowest BCUT2D eigenvalue weighted by Gasteiger charge is -2.23. The maximum Gasteiger partial charge on any atom is 0.341 e. The molecule has 0 saturated heterocycles. The molecular weight excluding hydrogens is 265 g/mol. The first-order valence-electron chi connectivity index (χ1n) is 4.98. The molecular formula is C7H18N5O5P. The average Bonchev–Trinajstić information content (AvgIpc) is 2.12. The van der Waals surface area contributed by atoms with Gasteiger partial charge in [-0.25, -0.2) is 0 Å². The van der Waals surface area contributed by atoms with Crippen LogP contribution in [-0.4, -0.2) is 50.8 Å². The van der Waals surface area contributed by atoms with Crippen LogP contribution in [0.4, 0.5) is 0 Å². The van der Waals surface area contributed by atoms with Gasteiger partial charge in [-0.05, 0) is 12.8 Å². The van der Waals surface area contributed by atoms with Gasteiger partial charge in [0.2, 0.25) is 5.91 Å². The maximum atomic E-state index is 11.0. The zero-order chi connectivity index (χ0) is 14.3. The molecule has 1 amide bonds. The minimum Gasteiger partial charge on any atom is -0.370 e. The van der Waals surface area contributed by atoms with Crippen molar-refractivity contribution in [2.45, 2.75) is 18.9 Å². The largest absolute Gasteiger partial charge is 0.370 e. The summed E-state index contributed by atoms with van der Waals surface area (Å²) in [6.45, 7) is 0.218. The molecule has 0 unspecified atom stereocenters. The molecule has 0 aliphatic rings. The highest BCUT2D eigenvalue weighted by Gasteiger charge is 2.28. The number of carbonyl (C=O) groups excluding carboxylic acids is 1. The standard InChI is InChI=1S/C7H18N5O5P/c8-6(13)5(2-1-3-11-7(9)10)12(14)4-18(15,16)17/h5,14H,1-4H2,(H2,8,13)(H4,9,10,11)(H2,15,16,17)/t5-/m0/s1. The Bertz CT molecular complexity index is 352. The monoisotopic (exact) mass is 283 g/mol. The van der Waals surface area contributed by atoms with Crippen molar-refractivity contribution in [1.29, 1.82) is 0 Å². The molecule has 18 heavy (non-hydrogen) atoms. The number of primary amides is 1. The molecule has 0 aromatic heterocycles. The summed E-state index contributed by atoms with van der Waals surface area (Å²) in [5, 5.41) is 9.61. The van der Waals surface area contributed by atoms with Crippen LogP contribution in [0.5, 0.6) is 0 Å². The van der Waals surface area contributed by atoms with Gasteiger partial charge in [0, 0.05) is 6.54 Å². The summed E-state index contributed by atoms with van der Waals surface area (Å²) in [5.74, 6) is -1.00. The molecule has 0 aromatic carbocycles. The molecule has 0 bridgehead atoms. The fraction of sp³-hybridized carbons (Fsp3) is 0.714. The molecule has 0 rings (SSSR count). The molecule has 10 nitrogen and oxygen atoms in total. The normalized spacial score (nSPS) is 13.3. The molecule has 0 heterocycles. The predicted octanol–water partition coefficient (Wildman–Crippen LogP) is -2.28. The molecule has 0 aliphatic heterocycles. The van der Waals surface area contributed by atoms with E-state index in [0.29, 0.717) is 6.42 Å². The fourth-order valence-electron chi connectivity index (χ4n) is 1.22. The first-order valence-corrected chi connectivity index (χ1v) is 6.78. The average molecular weight is 283 g/mol. The van der Waals surface area contributed by atoms with E-state index in [2.05, 4.69) is 4.99 Å². The lowest BCUT2D eigenvalue weighted by Crippen LogP contribution is -2.43. The summed E-state index contributed by atoms with van der Waals surface area (Å²) in [6.07, 6.45) is -0.574. The van der Waals surface area contributed by atoms with Crippen molar-refractivity contribution >= 4 is 19.5 Å². The number of hydrogen-bond donors (Lipinski definition) is 6. The molecule has 0 aliphatic carbocycles. The van der Waals surface area contributed by atoms with Crippen molar-refractivity contribution in [3.63, 3.8) is 0 Å². The second-order valence-corrected chi connectivity index (χ2v) is 5.22. The molecule has 1 atom stereocenters. The van der Waals surface area contributed by atoms with E-state index in [1.54, 1.807) is 0 Å². The van der Waals surface area contributed by atoms with E-state index in [9.17, 15) is 14.6 Å². The van der Waals surface area contributed by atoms with Gasteiger partial charge in [-0.15, -0.1) is 0 Å². The minimum absolute atomic E-state index is 0.0720. The third kappa shape index (κ3) is 7.98. The van der Waals surface area contributed by atoms with Gasteiger partial charge in [0.25, 0.3) is 0 Å². The summed E-state index contributed by atoms with van der Waals surface area (Å²) in [7, 11) is -4.47. The molecule has 0 aromatic rings. The molecule has 106 valence electrons. The highest BCUT2D eigenvalue weighted by atomic mass is 31.2. The van der Waals surface area contributed by atoms with Crippen molar-refractivity contribution in [2.24, 2.45) is 22.2 Å². The number of carbonyl (C=O) groups is 1. The van der Waals surface area contributed by atoms with Crippen molar-refractivity contribution in [1.82, 2.24) is 5.06 Å². The zero-order valence-corrected chi connectivity index (χ0v) is 10.5. The molecule has 11 heteroatoms. The Balaban J connectivity index is 4.35. The summed E-state index contributed by atoms with van der Waals surface area (Å²) in [4.78, 5) is 32.0. The Morgan fingerprint density at radius 1 is 1.33 bits per heavy atom. The second kappa shape index (κ2) is 7.29. The highest BCUT2D eigenvalue weighted by Crippen LogP contribution is 2.35. The number of amides is 1. The molecule has 0 spiro atoms. The topological polar surface area (TPSA) is 188 Å². The molecule has 0 saturated carbocycles. The SMILES string of the molecule is NC(=O)[C@H](CCCN=C(N)N)N(O)CP(=O)(O)O. The molecule has 9 N–H and O–H groups in total. The summed E-state index contributed by atoms with van der Waals surface area (Å²) >= 11 is 0. The van der Waals surface area contributed by atoms with Gasteiger partial charge >= 0.3 is 7.60 Å². The van der Waals surface area contributed by atoms with E-state index >= 15 is 0 Å².